The minimum atomic E-state index is 0.602. The van der Waals surface area contributed by atoms with Crippen molar-refractivity contribution in [1.82, 2.24) is 4.98 Å². The fourth-order valence-electron chi connectivity index (χ4n) is 0.618. The van der Waals surface area contributed by atoms with Crippen LogP contribution >= 0.6 is 0 Å². The number of pyridine rings is 1. The van der Waals surface area contributed by atoms with Crippen LogP contribution in [0.3, 0.4) is 0 Å². The summed E-state index contributed by atoms with van der Waals surface area (Å²) in [5.41, 5.74) is 1.35. The standard InChI is InChI=1S/C8H6N2/c1-3-7-6-8(9-2)4-5-10-7/h3-6H,1H2. The Morgan fingerprint density at radius 3 is 3.10 bits per heavy atom. The van der Waals surface area contributed by atoms with Crippen molar-refractivity contribution >= 4 is 11.8 Å². The summed E-state index contributed by atoms with van der Waals surface area (Å²) in [7, 11) is 0. The molecule has 0 atom stereocenters. The van der Waals surface area contributed by atoms with Gasteiger partial charge in [-0.15, -0.1) is 0 Å². The van der Waals surface area contributed by atoms with Crippen LogP contribution in [0.25, 0.3) is 10.9 Å². The summed E-state index contributed by atoms with van der Waals surface area (Å²) in [6.07, 6.45) is 3.22. The Kier molecular flexibility index (Phi) is 1.81. The van der Waals surface area contributed by atoms with Gasteiger partial charge in [-0.3, -0.25) is 4.98 Å². The van der Waals surface area contributed by atoms with E-state index in [0.29, 0.717) is 5.69 Å². The first-order valence-electron chi connectivity index (χ1n) is 2.83. The van der Waals surface area contributed by atoms with Gasteiger partial charge in [-0.2, -0.15) is 0 Å². The second-order valence-electron chi connectivity index (χ2n) is 1.75. The summed E-state index contributed by atoms with van der Waals surface area (Å²) < 4.78 is 0. The van der Waals surface area contributed by atoms with Crippen LogP contribution in [0.15, 0.2) is 24.9 Å². The number of nitrogens with zero attached hydrogens (tertiary/aromatic N) is 2. The molecule has 0 aliphatic rings. The third kappa shape index (κ3) is 1.20. The number of hydrogen-bond donors (Lipinski definition) is 0. The zero-order chi connectivity index (χ0) is 7.40. The van der Waals surface area contributed by atoms with Crippen LogP contribution in [0, 0.1) is 6.57 Å². The van der Waals surface area contributed by atoms with Crippen LogP contribution in [0.1, 0.15) is 5.69 Å². The van der Waals surface area contributed by atoms with E-state index < -0.39 is 0 Å². The van der Waals surface area contributed by atoms with Crippen LogP contribution in [0.5, 0.6) is 0 Å². The smallest absolute Gasteiger partial charge is 0.190 e. The zero-order valence-electron chi connectivity index (χ0n) is 5.41. The maximum atomic E-state index is 6.68. The topological polar surface area (TPSA) is 17.2 Å². The number of aromatic nitrogens is 1. The Morgan fingerprint density at radius 2 is 2.50 bits per heavy atom. The SMILES string of the molecule is [C-]#[N+]c1ccnc(C=C)c1. The van der Waals surface area contributed by atoms with Gasteiger partial charge in [0.15, 0.2) is 5.69 Å². The average molecular weight is 130 g/mol. The van der Waals surface area contributed by atoms with Crippen LogP contribution in [0.4, 0.5) is 5.69 Å². The summed E-state index contributed by atoms with van der Waals surface area (Å²) in [4.78, 5) is 7.19. The molecule has 0 saturated heterocycles. The highest BCUT2D eigenvalue weighted by molar-refractivity contribution is 5.52. The van der Waals surface area contributed by atoms with Gasteiger partial charge in [0.05, 0.1) is 12.3 Å². The minimum Gasteiger partial charge on any atom is -0.260 e. The van der Waals surface area contributed by atoms with Crippen molar-refractivity contribution in [2.24, 2.45) is 0 Å². The molecule has 1 heterocycles. The van der Waals surface area contributed by atoms with Gasteiger partial charge in [-0.25, -0.2) is 4.85 Å². The fourth-order valence-corrected chi connectivity index (χ4v) is 0.618. The Hall–Kier alpha value is -1.62. The van der Waals surface area contributed by atoms with E-state index in [9.17, 15) is 0 Å². The molecule has 1 rings (SSSR count). The van der Waals surface area contributed by atoms with Crippen molar-refractivity contribution in [3.63, 3.8) is 0 Å². The fraction of sp³-hybridized carbons (Fsp3) is 0. The van der Waals surface area contributed by atoms with E-state index >= 15 is 0 Å². The second-order valence-corrected chi connectivity index (χ2v) is 1.75. The highest BCUT2D eigenvalue weighted by Crippen LogP contribution is 2.11. The molecule has 0 N–H and O–H groups in total. The van der Waals surface area contributed by atoms with Gasteiger partial charge in [0.25, 0.3) is 0 Å². The molecular weight excluding hydrogens is 124 g/mol. The van der Waals surface area contributed by atoms with E-state index in [2.05, 4.69) is 16.4 Å². The molecule has 0 aliphatic heterocycles. The molecule has 0 saturated carbocycles. The Labute approximate surface area is 59.7 Å². The third-order valence-corrected chi connectivity index (χ3v) is 1.10. The third-order valence-electron chi connectivity index (χ3n) is 1.10. The maximum Gasteiger partial charge on any atom is 0.190 e. The van der Waals surface area contributed by atoms with Gasteiger partial charge in [-0.05, 0) is 18.2 Å². The highest BCUT2D eigenvalue weighted by atomic mass is 14.7. The average Bonchev–Trinajstić information content (AvgIpc) is 2.05. The summed E-state index contributed by atoms with van der Waals surface area (Å²) in [5, 5.41) is 0. The molecule has 1 aromatic rings. The van der Waals surface area contributed by atoms with Crippen LogP contribution in [-0.2, 0) is 0 Å². The molecule has 0 radical (unpaired) electrons. The highest BCUT2D eigenvalue weighted by Gasteiger charge is 1.89. The van der Waals surface area contributed by atoms with Crippen molar-refractivity contribution in [3.8, 4) is 0 Å². The minimum absolute atomic E-state index is 0.602. The van der Waals surface area contributed by atoms with Crippen LogP contribution in [-0.4, -0.2) is 4.98 Å². The molecular formula is C8H6N2. The monoisotopic (exact) mass is 130 g/mol. The summed E-state index contributed by atoms with van der Waals surface area (Å²) in [6, 6.07) is 3.36. The Morgan fingerprint density at radius 1 is 1.70 bits per heavy atom. The van der Waals surface area contributed by atoms with E-state index in [1.807, 2.05) is 0 Å². The molecule has 0 aromatic carbocycles. The Balaban J connectivity index is 3.13. The van der Waals surface area contributed by atoms with Gasteiger partial charge in [0, 0.05) is 6.20 Å². The molecule has 2 heteroatoms. The van der Waals surface area contributed by atoms with Gasteiger partial charge >= 0.3 is 0 Å². The molecule has 1 aromatic heterocycles. The van der Waals surface area contributed by atoms with Crippen molar-refractivity contribution in [1.29, 1.82) is 0 Å². The predicted octanol–water partition coefficient (Wildman–Crippen LogP) is 2.28. The molecule has 0 bridgehead atoms. The first-order valence-corrected chi connectivity index (χ1v) is 2.83. The lowest BCUT2D eigenvalue weighted by molar-refractivity contribution is 1.30. The molecule has 2 nitrogen and oxygen atoms in total. The quantitative estimate of drug-likeness (QED) is 0.533. The second kappa shape index (κ2) is 2.79. The number of hydrogen-bond acceptors (Lipinski definition) is 1. The predicted molar refractivity (Wildman–Crippen MR) is 40.6 cm³/mol. The number of rotatable bonds is 1. The van der Waals surface area contributed by atoms with E-state index in [4.69, 9.17) is 6.57 Å². The van der Waals surface area contributed by atoms with Gasteiger partial charge < -0.3 is 0 Å². The van der Waals surface area contributed by atoms with Crippen LogP contribution < -0.4 is 0 Å². The largest absolute Gasteiger partial charge is 0.260 e. The molecule has 48 valence electrons. The Bertz CT molecular complexity index is 284. The van der Waals surface area contributed by atoms with Gasteiger partial charge in [-0.1, -0.05) is 6.58 Å². The molecule has 0 fully saturated rings. The molecule has 0 amide bonds. The molecule has 0 aliphatic carbocycles. The maximum absolute atomic E-state index is 6.68. The molecule has 0 unspecified atom stereocenters. The normalized spacial score (nSPS) is 8.30. The van der Waals surface area contributed by atoms with Crippen molar-refractivity contribution in [2.75, 3.05) is 0 Å². The van der Waals surface area contributed by atoms with Crippen molar-refractivity contribution < 1.29 is 0 Å². The first kappa shape index (κ1) is 6.50. The molecule has 0 spiro atoms. The zero-order valence-corrected chi connectivity index (χ0v) is 5.41. The van der Waals surface area contributed by atoms with Crippen molar-refractivity contribution in [2.45, 2.75) is 0 Å². The summed E-state index contributed by atoms with van der Waals surface area (Å²) >= 11 is 0. The lowest BCUT2D eigenvalue weighted by Gasteiger charge is -1.89. The lowest BCUT2D eigenvalue weighted by atomic mass is 10.3. The summed E-state index contributed by atoms with van der Waals surface area (Å²) in [5.74, 6) is 0. The summed E-state index contributed by atoms with van der Waals surface area (Å²) in [6.45, 7) is 10.2. The molecule has 10 heavy (non-hydrogen) atoms. The van der Waals surface area contributed by atoms with E-state index in [0.717, 1.165) is 5.69 Å². The van der Waals surface area contributed by atoms with Gasteiger partial charge in [0.2, 0.25) is 0 Å². The lowest BCUT2D eigenvalue weighted by Crippen LogP contribution is -1.75. The van der Waals surface area contributed by atoms with Gasteiger partial charge in [0.1, 0.15) is 0 Å². The van der Waals surface area contributed by atoms with E-state index in [1.165, 1.54) is 0 Å². The van der Waals surface area contributed by atoms with E-state index in [1.54, 1.807) is 24.4 Å². The first-order chi connectivity index (χ1) is 4.86. The van der Waals surface area contributed by atoms with Crippen LogP contribution in [0.2, 0.25) is 0 Å². The van der Waals surface area contributed by atoms with Crippen molar-refractivity contribution in [3.05, 3.63) is 42.0 Å². The van der Waals surface area contributed by atoms with E-state index in [-0.39, 0.29) is 0 Å².